The van der Waals surface area contributed by atoms with Crippen LogP contribution in [0.2, 0.25) is 0 Å². The Morgan fingerprint density at radius 3 is 1.80 bits per heavy atom. The molecule has 0 aromatic heterocycles. The molecule has 2 nitrogen and oxygen atoms in total. The molecule has 0 spiro atoms. The van der Waals surface area contributed by atoms with Crippen molar-refractivity contribution in [3.05, 3.63) is 194 Å². The first-order valence-electron chi connectivity index (χ1n) is 14.9. The predicted octanol–water partition coefficient (Wildman–Crippen LogP) is 11.5. The second kappa shape index (κ2) is 12.2. The van der Waals surface area contributed by atoms with E-state index in [1.807, 2.05) is 6.07 Å². The summed E-state index contributed by atoms with van der Waals surface area (Å²) < 4.78 is 0. The van der Waals surface area contributed by atoms with Gasteiger partial charge in [-0.05, 0) is 75.9 Å². The molecular weight excluding hydrogens is 532 g/mol. The maximum absolute atomic E-state index is 4.44. The summed E-state index contributed by atoms with van der Waals surface area (Å²) in [4.78, 5) is 2.28. The van der Waals surface area contributed by atoms with Crippen molar-refractivity contribution in [1.82, 2.24) is 0 Å². The quantitative estimate of drug-likeness (QED) is 0.216. The zero-order chi connectivity index (χ0) is 29.7. The number of allylic oxidation sites excluding steroid dienone is 4. The molecule has 1 heterocycles. The zero-order valence-corrected chi connectivity index (χ0v) is 24.4. The molecule has 1 N–H and O–H groups in total. The second-order valence-corrected chi connectivity index (χ2v) is 10.9. The lowest BCUT2D eigenvalue weighted by Gasteiger charge is -2.27. The van der Waals surface area contributed by atoms with Crippen LogP contribution >= 0.6 is 0 Å². The van der Waals surface area contributed by atoms with E-state index in [0.717, 1.165) is 56.1 Å². The van der Waals surface area contributed by atoms with Crippen LogP contribution in [0.15, 0.2) is 183 Å². The number of para-hydroxylation sites is 2. The van der Waals surface area contributed by atoms with E-state index in [1.165, 1.54) is 11.1 Å². The van der Waals surface area contributed by atoms with Gasteiger partial charge in [-0.2, -0.15) is 0 Å². The Balaban J connectivity index is 1.35. The van der Waals surface area contributed by atoms with Gasteiger partial charge in [0.2, 0.25) is 0 Å². The molecule has 7 rings (SSSR count). The summed E-state index contributed by atoms with van der Waals surface area (Å²) in [6, 6.07) is 55.3. The average molecular weight is 565 g/mol. The molecule has 0 atom stereocenters. The Labute approximate surface area is 259 Å². The van der Waals surface area contributed by atoms with E-state index in [0.29, 0.717) is 0 Å². The topological polar surface area (TPSA) is 15.3 Å². The number of nitrogens with one attached hydrogen (secondary N) is 1. The number of hydrogen-bond donors (Lipinski definition) is 1. The molecular formula is C42H32N2. The van der Waals surface area contributed by atoms with Crippen LogP contribution < -0.4 is 10.2 Å². The Morgan fingerprint density at radius 2 is 1.07 bits per heavy atom. The largest absolute Gasteiger partial charge is 0.355 e. The van der Waals surface area contributed by atoms with Crippen LogP contribution in [0.25, 0.3) is 33.4 Å². The van der Waals surface area contributed by atoms with E-state index in [1.54, 1.807) is 0 Å². The number of anilines is 4. The summed E-state index contributed by atoms with van der Waals surface area (Å²) in [7, 11) is 0. The van der Waals surface area contributed by atoms with Gasteiger partial charge in [0.1, 0.15) is 0 Å². The Bertz CT molecular complexity index is 1970. The third-order valence-corrected chi connectivity index (χ3v) is 7.98. The van der Waals surface area contributed by atoms with E-state index < -0.39 is 0 Å². The molecule has 0 aliphatic carbocycles. The van der Waals surface area contributed by atoms with Crippen molar-refractivity contribution in [3.8, 4) is 22.3 Å². The van der Waals surface area contributed by atoms with Crippen LogP contribution in [-0.4, -0.2) is 0 Å². The molecule has 2 heteroatoms. The number of rotatable bonds is 6. The second-order valence-electron chi connectivity index (χ2n) is 10.9. The number of hydrogen-bond acceptors (Lipinski definition) is 2. The van der Waals surface area contributed by atoms with E-state index in [2.05, 4.69) is 187 Å². The van der Waals surface area contributed by atoms with Gasteiger partial charge in [0.25, 0.3) is 0 Å². The van der Waals surface area contributed by atoms with Gasteiger partial charge in [-0.3, -0.25) is 0 Å². The third-order valence-electron chi connectivity index (χ3n) is 7.98. The lowest BCUT2D eigenvalue weighted by atomic mass is 9.95. The first-order valence-corrected chi connectivity index (χ1v) is 14.9. The molecule has 0 saturated heterocycles. The van der Waals surface area contributed by atoms with Crippen molar-refractivity contribution in [2.24, 2.45) is 0 Å². The van der Waals surface area contributed by atoms with E-state index in [9.17, 15) is 0 Å². The fourth-order valence-electron chi connectivity index (χ4n) is 5.68. The molecule has 1 aliphatic rings. The average Bonchev–Trinajstić information content (AvgIpc) is 3.09. The molecule has 0 unspecified atom stereocenters. The predicted molar refractivity (Wildman–Crippen MR) is 188 cm³/mol. The Hall–Kier alpha value is -5.86. The highest BCUT2D eigenvalue weighted by Gasteiger charge is 2.17. The summed E-state index contributed by atoms with van der Waals surface area (Å²) in [5, 5.41) is 3.63. The lowest BCUT2D eigenvalue weighted by Crippen LogP contribution is -2.12. The maximum Gasteiger partial charge on any atom is 0.0533 e. The fraction of sp³-hybridized carbons (Fsp3) is 0. The molecule has 0 bridgehead atoms. The van der Waals surface area contributed by atoms with Crippen molar-refractivity contribution in [3.63, 3.8) is 0 Å². The number of benzene rings is 6. The van der Waals surface area contributed by atoms with Crippen LogP contribution in [0.3, 0.4) is 0 Å². The lowest BCUT2D eigenvalue weighted by molar-refractivity contribution is 1.27. The van der Waals surface area contributed by atoms with Crippen molar-refractivity contribution < 1.29 is 0 Å². The van der Waals surface area contributed by atoms with Gasteiger partial charge < -0.3 is 10.2 Å². The smallest absolute Gasteiger partial charge is 0.0533 e. The van der Waals surface area contributed by atoms with Crippen LogP contribution in [0.1, 0.15) is 11.1 Å². The van der Waals surface area contributed by atoms with Crippen LogP contribution in [0, 0.1) is 0 Å². The third kappa shape index (κ3) is 5.62. The minimum Gasteiger partial charge on any atom is -0.355 e. The van der Waals surface area contributed by atoms with Crippen LogP contribution in [0.5, 0.6) is 0 Å². The van der Waals surface area contributed by atoms with E-state index in [4.69, 9.17) is 0 Å². The van der Waals surface area contributed by atoms with Crippen LogP contribution in [0.4, 0.5) is 22.7 Å². The van der Waals surface area contributed by atoms with Crippen LogP contribution in [-0.2, 0) is 0 Å². The molecule has 0 saturated carbocycles. The summed E-state index contributed by atoms with van der Waals surface area (Å²) in [6.07, 6.45) is 6.55. The van der Waals surface area contributed by atoms with Crippen molar-refractivity contribution >= 4 is 33.9 Å². The molecule has 44 heavy (non-hydrogen) atoms. The molecule has 0 fully saturated rings. The van der Waals surface area contributed by atoms with Crippen molar-refractivity contribution in [2.45, 2.75) is 0 Å². The zero-order valence-electron chi connectivity index (χ0n) is 24.4. The molecule has 0 amide bonds. The SMILES string of the molecule is C=C1/C=C\C(c2ccc(Nc3ccccc3)c(-c3ccccc3)c2)=C/N(c2ccc(-c3ccccc3)cc2)c2ccccc21. The minimum atomic E-state index is 0.975. The first-order chi connectivity index (χ1) is 21.7. The maximum atomic E-state index is 4.44. The highest BCUT2D eigenvalue weighted by atomic mass is 15.1. The molecule has 210 valence electrons. The van der Waals surface area contributed by atoms with Crippen molar-refractivity contribution in [1.29, 1.82) is 0 Å². The minimum absolute atomic E-state index is 0.975. The van der Waals surface area contributed by atoms with Gasteiger partial charge in [-0.1, -0.05) is 134 Å². The Kier molecular flexibility index (Phi) is 7.47. The van der Waals surface area contributed by atoms with Gasteiger partial charge >= 0.3 is 0 Å². The van der Waals surface area contributed by atoms with Gasteiger partial charge in [0.15, 0.2) is 0 Å². The molecule has 0 radical (unpaired) electrons. The number of nitrogens with zero attached hydrogens (tertiary/aromatic N) is 1. The van der Waals surface area contributed by atoms with E-state index in [-0.39, 0.29) is 0 Å². The van der Waals surface area contributed by atoms with Crippen molar-refractivity contribution in [2.75, 3.05) is 10.2 Å². The molecule has 6 aromatic carbocycles. The highest BCUT2D eigenvalue weighted by molar-refractivity contribution is 5.93. The normalized spacial score (nSPS) is 14.5. The summed E-state index contributed by atoms with van der Waals surface area (Å²) in [6.45, 7) is 4.44. The molecule has 6 aromatic rings. The summed E-state index contributed by atoms with van der Waals surface area (Å²) in [5.74, 6) is 0. The summed E-state index contributed by atoms with van der Waals surface area (Å²) >= 11 is 0. The van der Waals surface area contributed by atoms with Gasteiger partial charge in [-0.25, -0.2) is 0 Å². The van der Waals surface area contributed by atoms with E-state index >= 15 is 0 Å². The standard InChI is InChI=1S/C42H32N2/c1-31-21-22-36(35-25-28-41(43-37-17-9-4-10-18-37)40(29-35)34-15-7-3-8-16-34)30-44(42-20-12-11-19-39(31)42)38-26-23-33(24-27-38)32-13-5-2-6-14-32/h2-30,43H,1H2/b22-21-,36-30+. The van der Waals surface area contributed by atoms with Gasteiger partial charge in [-0.15, -0.1) is 0 Å². The van der Waals surface area contributed by atoms with Gasteiger partial charge in [0.05, 0.1) is 5.69 Å². The monoisotopic (exact) mass is 564 g/mol. The fourth-order valence-corrected chi connectivity index (χ4v) is 5.68. The summed E-state index contributed by atoms with van der Waals surface area (Å²) in [5.41, 5.74) is 13.3. The number of fused-ring (bicyclic) bond motifs is 1. The first kappa shape index (κ1) is 27.0. The molecule has 1 aliphatic heterocycles. The Morgan fingerprint density at radius 1 is 0.477 bits per heavy atom. The highest BCUT2D eigenvalue weighted by Crippen LogP contribution is 2.39. The van der Waals surface area contributed by atoms with Gasteiger partial charge in [0, 0.05) is 34.4 Å².